The second-order valence-corrected chi connectivity index (χ2v) is 11.8. The molecule has 1 amide bonds. The summed E-state index contributed by atoms with van der Waals surface area (Å²) in [5.74, 6) is 0.0367. The zero-order valence-corrected chi connectivity index (χ0v) is 20.5. The average Bonchev–Trinajstić information content (AvgIpc) is 3.42. The van der Waals surface area contributed by atoms with Crippen LogP contribution in [-0.4, -0.2) is 66.8 Å². The van der Waals surface area contributed by atoms with E-state index in [-0.39, 0.29) is 23.5 Å². The number of nitrogens with zero attached hydrogens (tertiary/aromatic N) is 3. The minimum Gasteiger partial charge on any atom is -0.385 e. The van der Waals surface area contributed by atoms with Crippen molar-refractivity contribution in [3.05, 3.63) is 51.5 Å². The topological polar surface area (TPSA) is 81.5 Å². The first-order valence-electron chi connectivity index (χ1n) is 10.5. The summed E-state index contributed by atoms with van der Waals surface area (Å²) < 4.78 is 31.1. The van der Waals surface area contributed by atoms with E-state index >= 15 is 0 Å². The summed E-state index contributed by atoms with van der Waals surface area (Å²) >= 11 is 7.39. The molecule has 1 fully saturated rings. The number of aromatic nitrogens is 2. The van der Waals surface area contributed by atoms with E-state index in [1.54, 1.807) is 12.0 Å². The fourth-order valence-corrected chi connectivity index (χ4v) is 7.05. The number of carbonyl (C=O) groups excluding carboxylic acids is 1. The van der Waals surface area contributed by atoms with Crippen LogP contribution < -0.4 is 0 Å². The van der Waals surface area contributed by atoms with Crippen molar-refractivity contribution in [3.63, 3.8) is 0 Å². The van der Waals surface area contributed by atoms with Gasteiger partial charge < -0.3 is 9.64 Å². The summed E-state index contributed by atoms with van der Waals surface area (Å²) in [6.45, 7) is 3.50. The van der Waals surface area contributed by atoms with E-state index in [0.29, 0.717) is 42.4 Å². The lowest BCUT2D eigenvalue weighted by molar-refractivity contribution is 0.0679. The molecular weight excluding hydrogens is 470 g/mol. The van der Waals surface area contributed by atoms with Crippen LogP contribution in [0.1, 0.15) is 33.8 Å². The van der Waals surface area contributed by atoms with Crippen LogP contribution in [0.3, 0.4) is 0 Å². The van der Waals surface area contributed by atoms with Gasteiger partial charge in [-0.25, -0.2) is 8.42 Å². The highest BCUT2D eigenvalue weighted by Gasteiger charge is 2.35. The molecule has 0 radical (unpaired) electrons. The van der Waals surface area contributed by atoms with Gasteiger partial charge in [0.25, 0.3) is 5.91 Å². The highest BCUT2D eigenvalue weighted by Crippen LogP contribution is 2.31. The molecular formula is C22H26ClN3O4S2. The van der Waals surface area contributed by atoms with Crippen LogP contribution in [0.25, 0.3) is 10.2 Å². The standard InChI is InChI=1S/C22H26ClN3O4S2/c1-15-19-12-20(31-22(19)26(24-15)13-16-4-6-17(23)7-5-16)21(27)25(9-3-10-30-2)18-8-11-32(28,29)14-18/h4-7,12,18H,3,8-11,13-14H2,1-2H3. The molecule has 0 saturated carbocycles. The second kappa shape index (κ2) is 9.51. The summed E-state index contributed by atoms with van der Waals surface area (Å²) in [6.07, 6.45) is 1.14. The Hall–Kier alpha value is -1.94. The van der Waals surface area contributed by atoms with Gasteiger partial charge in [-0.3, -0.25) is 9.48 Å². The molecule has 1 aliphatic rings. The summed E-state index contributed by atoms with van der Waals surface area (Å²) in [5, 5.41) is 6.27. The van der Waals surface area contributed by atoms with Gasteiger partial charge in [0.1, 0.15) is 4.83 Å². The van der Waals surface area contributed by atoms with Crippen molar-refractivity contribution in [2.24, 2.45) is 0 Å². The number of amides is 1. The molecule has 3 heterocycles. The van der Waals surface area contributed by atoms with Crippen molar-refractivity contribution in [3.8, 4) is 0 Å². The number of sulfone groups is 1. The molecule has 3 aromatic rings. The van der Waals surface area contributed by atoms with Crippen LogP contribution in [0.15, 0.2) is 30.3 Å². The van der Waals surface area contributed by atoms with Crippen molar-refractivity contribution >= 4 is 48.9 Å². The fourth-order valence-electron chi connectivity index (χ4n) is 4.08. The third-order valence-electron chi connectivity index (χ3n) is 5.72. The summed E-state index contributed by atoms with van der Waals surface area (Å²) in [6, 6.07) is 9.21. The molecule has 1 saturated heterocycles. The SMILES string of the molecule is COCCCN(C(=O)c1cc2c(C)nn(Cc3ccc(Cl)cc3)c2s1)C1CCS(=O)(=O)C1. The van der Waals surface area contributed by atoms with Gasteiger partial charge in [-0.1, -0.05) is 23.7 Å². The van der Waals surface area contributed by atoms with Crippen LogP contribution in [-0.2, 0) is 21.1 Å². The number of methoxy groups -OCH3 is 1. The number of rotatable bonds is 8. The first kappa shape index (κ1) is 23.2. The van der Waals surface area contributed by atoms with Crippen LogP contribution in [0, 0.1) is 6.92 Å². The Kier molecular flexibility index (Phi) is 6.90. The average molecular weight is 496 g/mol. The third kappa shape index (κ3) is 5.01. The molecule has 0 N–H and O–H groups in total. The smallest absolute Gasteiger partial charge is 0.264 e. The number of hydrogen-bond acceptors (Lipinski definition) is 6. The Morgan fingerprint density at radius 3 is 2.75 bits per heavy atom. The predicted octanol–water partition coefficient (Wildman–Crippen LogP) is 3.77. The number of benzene rings is 1. The molecule has 10 heteroatoms. The monoisotopic (exact) mass is 495 g/mol. The molecule has 0 spiro atoms. The molecule has 2 aromatic heterocycles. The molecule has 4 rings (SSSR count). The van der Waals surface area contributed by atoms with E-state index in [4.69, 9.17) is 16.3 Å². The van der Waals surface area contributed by atoms with Gasteiger partial charge >= 0.3 is 0 Å². The Morgan fingerprint density at radius 2 is 2.09 bits per heavy atom. The maximum Gasteiger partial charge on any atom is 0.264 e. The zero-order valence-electron chi connectivity index (χ0n) is 18.1. The van der Waals surface area contributed by atoms with Gasteiger partial charge in [-0.15, -0.1) is 11.3 Å². The Labute approximate surface area is 196 Å². The number of ether oxygens (including phenoxy) is 1. The van der Waals surface area contributed by atoms with Crippen LogP contribution in [0.2, 0.25) is 5.02 Å². The molecule has 1 aliphatic heterocycles. The van der Waals surface area contributed by atoms with Crippen molar-refractivity contribution in [1.29, 1.82) is 0 Å². The minimum atomic E-state index is -3.10. The first-order valence-corrected chi connectivity index (χ1v) is 13.5. The molecule has 172 valence electrons. The zero-order chi connectivity index (χ0) is 22.9. The fraction of sp³-hybridized carbons (Fsp3) is 0.455. The van der Waals surface area contributed by atoms with Gasteiger partial charge in [0.2, 0.25) is 0 Å². The van der Waals surface area contributed by atoms with Gasteiger partial charge in [0, 0.05) is 36.7 Å². The predicted molar refractivity (Wildman–Crippen MR) is 127 cm³/mol. The summed E-state index contributed by atoms with van der Waals surface area (Å²) in [5.41, 5.74) is 1.93. The molecule has 7 nitrogen and oxygen atoms in total. The maximum absolute atomic E-state index is 13.5. The number of halogens is 1. The van der Waals surface area contributed by atoms with E-state index in [0.717, 1.165) is 21.5 Å². The summed E-state index contributed by atoms with van der Waals surface area (Å²) in [7, 11) is -1.48. The van der Waals surface area contributed by atoms with Gasteiger partial charge in [0.05, 0.1) is 28.6 Å². The maximum atomic E-state index is 13.5. The third-order valence-corrected chi connectivity index (χ3v) is 8.86. The second-order valence-electron chi connectivity index (χ2n) is 8.10. The van der Waals surface area contributed by atoms with E-state index in [1.807, 2.05) is 41.9 Å². The Morgan fingerprint density at radius 1 is 1.34 bits per heavy atom. The normalized spacial score (nSPS) is 17.8. The lowest BCUT2D eigenvalue weighted by Gasteiger charge is -2.27. The van der Waals surface area contributed by atoms with Crippen LogP contribution >= 0.6 is 22.9 Å². The van der Waals surface area contributed by atoms with Gasteiger partial charge in [0.15, 0.2) is 9.84 Å². The van der Waals surface area contributed by atoms with Crippen molar-refractivity contribution in [1.82, 2.24) is 14.7 Å². The highest BCUT2D eigenvalue weighted by molar-refractivity contribution is 7.91. The number of hydrogen-bond donors (Lipinski definition) is 0. The Balaban J connectivity index is 1.61. The molecule has 32 heavy (non-hydrogen) atoms. The van der Waals surface area contributed by atoms with E-state index in [9.17, 15) is 13.2 Å². The Bertz CT molecular complexity index is 1220. The molecule has 1 aromatic carbocycles. The number of thiophene rings is 1. The van der Waals surface area contributed by atoms with Crippen LogP contribution in [0.5, 0.6) is 0 Å². The van der Waals surface area contributed by atoms with Crippen molar-refractivity contribution in [2.75, 3.05) is 31.8 Å². The lowest BCUT2D eigenvalue weighted by Crippen LogP contribution is -2.41. The highest BCUT2D eigenvalue weighted by atomic mass is 35.5. The largest absolute Gasteiger partial charge is 0.385 e. The number of carbonyl (C=O) groups is 1. The molecule has 0 bridgehead atoms. The van der Waals surface area contributed by atoms with E-state index in [1.165, 1.54) is 11.3 Å². The van der Waals surface area contributed by atoms with Gasteiger partial charge in [-0.2, -0.15) is 5.10 Å². The number of aryl methyl sites for hydroxylation is 1. The van der Waals surface area contributed by atoms with E-state index in [2.05, 4.69) is 5.10 Å². The minimum absolute atomic E-state index is 0.0278. The van der Waals surface area contributed by atoms with Crippen molar-refractivity contribution in [2.45, 2.75) is 32.4 Å². The molecule has 0 aliphatic carbocycles. The number of fused-ring (bicyclic) bond motifs is 1. The molecule has 1 unspecified atom stereocenters. The summed E-state index contributed by atoms with van der Waals surface area (Å²) in [4.78, 5) is 16.7. The lowest BCUT2D eigenvalue weighted by atomic mass is 10.2. The quantitative estimate of drug-likeness (QED) is 0.444. The first-order chi connectivity index (χ1) is 15.3. The van der Waals surface area contributed by atoms with Crippen LogP contribution in [0.4, 0.5) is 0 Å². The molecule has 1 atom stereocenters. The van der Waals surface area contributed by atoms with Crippen molar-refractivity contribution < 1.29 is 17.9 Å². The van der Waals surface area contributed by atoms with Gasteiger partial charge in [-0.05, 0) is 43.5 Å². The van der Waals surface area contributed by atoms with E-state index < -0.39 is 9.84 Å².